The number of ether oxygens (including phenoxy) is 1. The van der Waals surface area contributed by atoms with Crippen molar-refractivity contribution >= 4 is 6.09 Å². The van der Waals surface area contributed by atoms with Gasteiger partial charge in [0.1, 0.15) is 11.5 Å². The van der Waals surface area contributed by atoms with E-state index < -0.39 is 6.09 Å². The molecule has 5 heteroatoms. The lowest BCUT2D eigenvalue weighted by molar-refractivity contribution is 0.182. The molecule has 1 atom stereocenters. The van der Waals surface area contributed by atoms with Gasteiger partial charge in [0, 0.05) is 12.0 Å². The van der Waals surface area contributed by atoms with Gasteiger partial charge in [0.25, 0.3) is 0 Å². The second-order valence-electron chi connectivity index (χ2n) is 3.36. The Morgan fingerprint density at radius 1 is 1.53 bits per heavy atom. The highest BCUT2D eigenvalue weighted by Gasteiger charge is 2.23. The maximum atomic E-state index is 10.5. The molecule has 1 heterocycles. The quantitative estimate of drug-likeness (QED) is 0.654. The predicted molar refractivity (Wildman–Crippen MR) is 52.1 cm³/mol. The Morgan fingerprint density at radius 3 is 3.07 bits per heavy atom. The Morgan fingerprint density at radius 2 is 2.33 bits per heavy atom. The van der Waals surface area contributed by atoms with Crippen molar-refractivity contribution in [3.63, 3.8) is 0 Å². The second kappa shape index (κ2) is 3.68. The van der Waals surface area contributed by atoms with E-state index in [0.29, 0.717) is 24.3 Å². The Bertz CT molecular complexity index is 391. The van der Waals surface area contributed by atoms with Crippen molar-refractivity contribution in [3.8, 4) is 11.5 Å². The minimum absolute atomic E-state index is 0.108. The third kappa shape index (κ3) is 1.96. The van der Waals surface area contributed by atoms with Gasteiger partial charge in [-0.1, -0.05) is 0 Å². The van der Waals surface area contributed by atoms with E-state index in [2.05, 4.69) is 5.32 Å². The molecule has 0 spiro atoms. The first kappa shape index (κ1) is 9.64. The number of phenolic OH excluding ortho intramolecular Hbond substituents is 1. The van der Waals surface area contributed by atoms with Gasteiger partial charge in [-0.05, 0) is 18.2 Å². The van der Waals surface area contributed by atoms with Gasteiger partial charge in [0.2, 0.25) is 0 Å². The highest BCUT2D eigenvalue weighted by Crippen LogP contribution is 2.34. The summed E-state index contributed by atoms with van der Waals surface area (Å²) in [7, 11) is 0. The summed E-state index contributed by atoms with van der Waals surface area (Å²) in [5, 5.41) is 20.3. The van der Waals surface area contributed by atoms with Gasteiger partial charge in [0.15, 0.2) is 0 Å². The Kier molecular flexibility index (Phi) is 2.37. The molecule has 0 aromatic heterocycles. The van der Waals surface area contributed by atoms with Gasteiger partial charge in [-0.3, -0.25) is 0 Å². The second-order valence-corrected chi connectivity index (χ2v) is 3.36. The molecule has 1 aromatic rings. The molecule has 0 saturated carbocycles. The lowest BCUT2D eigenvalue weighted by Crippen LogP contribution is -2.30. The molecule has 1 amide bonds. The number of phenols is 1. The van der Waals surface area contributed by atoms with Crippen LogP contribution in [-0.2, 0) is 0 Å². The van der Waals surface area contributed by atoms with Gasteiger partial charge >= 0.3 is 6.09 Å². The fourth-order valence-electron chi connectivity index (χ4n) is 1.68. The lowest BCUT2D eigenvalue weighted by atomic mass is 10.0. The summed E-state index contributed by atoms with van der Waals surface area (Å²) in [6.45, 7) is 0.475. The van der Waals surface area contributed by atoms with Crippen LogP contribution in [0.15, 0.2) is 18.2 Å². The zero-order chi connectivity index (χ0) is 10.8. The van der Waals surface area contributed by atoms with Crippen molar-refractivity contribution < 1.29 is 19.7 Å². The SMILES string of the molecule is O=C(O)N[C@H]1CCOc2ccc(O)cc21. The third-order valence-electron chi connectivity index (χ3n) is 2.33. The number of nitrogens with one attached hydrogen (secondary N) is 1. The first-order chi connectivity index (χ1) is 7.16. The first-order valence-electron chi connectivity index (χ1n) is 4.62. The molecule has 80 valence electrons. The van der Waals surface area contributed by atoms with Crippen LogP contribution in [0.3, 0.4) is 0 Å². The number of hydrogen-bond acceptors (Lipinski definition) is 3. The van der Waals surface area contributed by atoms with E-state index in [1.807, 2.05) is 0 Å². The van der Waals surface area contributed by atoms with Gasteiger partial charge < -0.3 is 20.3 Å². The zero-order valence-corrected chi connectivity index (χ0v) is 7.93. The minimum atomic E-state index is -1.07. The van der Waals surface area contributed by atoms with Crippen LogP contribution in [0.2, 0.25) is 0 Å². The van der Waals surface area contributed by atoms with Crippen LogP contribution >= 0.6 is 0 Å². The van der Waals surface area contributed by atoms with E-state index in [4.69, 9.17) is 9.84 Å². The first-order valence-corrected chi connectivity index (χ1v) is 4.62. The van der Waals surface area contributed by atoms with E-state index in [0.717, 1.165) is 0 Å². The molecule has 0 unspecified atom stereocenters. The predicted octanol–water partition coefficient (Wildman–Crippen LogP) is 1.48. The number of carboxylic acid groups (broad SMARTS) is 1. The molecule has 0 fully saturated rings. The number of hydrogen-bond donors (Lipinski definition) is 3. The van der Waals surface area contributed by atoms with Crippen molar-refractivity contribution in [3.05, 3.63) is 23.8 Å². The normalized spacial score (nSPS) is 18.8. The molecule has 1 aliphatic rings. The maximum Gasteiger partial charge on any atom is 0.405 e. The van der Waals surface area contributed by atoms with Crippen LogP contribution < -0.4 is 10.1 Å². The van der Waals surface area contributed by atoms with Crippen LogP contribution in [0, 0.1) is 0 Å². The van der Waals surface area contributed by atoms with Gasteiger partial charge in [-0.2, -0.15) is 0 Å². The minimum Gasteiger partial charge on any atom is -0.508 e. The molecule has 3 N–H and O–H groups in total. The van der Waals surface area contributed by atoms with Crippen molar-refractivity contribution in [2.75, 3.05) is 6.61 Å². The summed E-state index contributed by atoms with van der Waals surface area (Å²) in [5.74, 6) is 0.731. The van der Waals surface area contributed by atoms with Crippen molar-refractivity contribution in [1.29, 1.82) is 0 Å². The average Bonchev–Trinajstić information content (AvgIpc) is 2.18. The highest BCUT2D eigenvalue weighted by molar-refractivity contribution is 5.65. The van der Waals surface area contributed by atoms with Crippen LogP contribution in [0.25, 0.3) is 0 Å². The molecular formula is C10H11NO4. The average molecular weight is 209 g/mol. The lowest BCUT2D eigenvalue weighted by Gasteiger charge is -2.25. The number of rotatable bonds is 1. The molecule has 0 aliphatic carbocycles. The van der Waals surface area contributed by atoms with Crippen LogP contribution in [0.4, 0.5) is 4.79 Å². The molecule has 1 aromatic carbocycles. The summed E-state index contributed by atoms with van der Waals surface area (Å²) in [6, 6.07) is 4.37. The molecular weight excluding hydrogens is 198 g/mol. The molecule has 0 radical (unpaired) electrons. The third-order valence-corrected chi connectivity index (χ3v) is 2.33. The van der Waals surface area contributed by atoms with E-state index in [1.165, 1.54) is 12.1 Å². The largest absolute Gasteiger partial charge is 0.508 e. The van der Waals surface area contributed by atoms with E-state index in [9.17, 15) is 9.90 Å². The maximum absolute atomic E-state index is 10.5. The Hall–Kier alpha value is -1.91. The van der Waals surface area contributed by atoms with Crippen molar-refractivity contribution in [2.24, 2.45) is 0 Å². The van der Waals surface area contributed by atoms with Crippen LogP contribution in [0.5, 0.6) is 11.5 Å². The highest BCUT2D eigenvalue weighted by atomic mass is 16.5. The molecule has 1 aliphatic heterocycles. The number of aromatic hydroxyl groups is 1. The number of carbonyl (C=O) groups is 1. The van der Waals surface area contributed by atoms with Gasteiger partial charge in [0.05, 0.1) is 12.6 Å². The fraction of sp³-hybridized carbons (Fsp3) is 0.300. The Labute approximate surface area is 86.3 Å². The van der Waals surface area contributed by atoms with E-state index >= 15 is 0 Å². The van der Waals surface area contributed by atoms with Crippen LogP contribution in [0.1, 0.15) is 18.0 Å². The number of fused-ring (bicyclic) bond motifs is 1. The van der Waals surface area contributed by atoms with Gasteiger partial charge in [-0.15, -0.1) is 0 Å². The van der Waals surface area contributed by atoms with Gasteiger partial charge in [-0.25, -0.2) is 4.79 Å². The molecule has 2 rings (SSSR count). The zero-order valence-electron chi connectivity index (χ0n) is 7.93. The summed E-state index contributed by atoms with van der Waals surface area (Å²) in [4.78, 5) is 10.5. The van der Waals surface area contributed by atoms with E-state index in [1.54, 1.807) is 6.07 Å². The molecule has 15 heavy (non-hydrogen) atoms. The van der Waals surface area contributed by atoms with E-state index in [-0.39, 0.29) is 11.8 Å². The molecule has 0 bridgehead atoms. The molecule has 5 nitrogen and oxygen atoms in total. The van der Waals surface area contributed by atoms with Crippen molar-refractivity contribution in [1.82, 2.24) is 5.32 Å². The van der Waals surface area contributed by atoms with Crippen LogP contribution in [-0.4, -0.2) is 22.9 Å². The number of amides is 1. The monoisotopic (exact) mass is 209 g/mol. The standard InChI is InChI=1S/C10H11NO4/c12-6-1-2-9-7(5-6)8(3-4-15-9)11-10(13)14/h1-2,5,8,11-12H,3-4H2,(H,13,14)/t8-/m0/s1. The smallest absolute Gasteiger partial charge is 0.405 e. The fourth-order valence-corrected chi connectivity index (χ4v) is 1.68. The summed E-state index contributed by atoms with van der Waals surface area (Å²) in [5.41, 5.74) is 0.684. The summed E-state index contributed by atoms with van der Waals surface area (Å²) >= 11 is 0. The molecule has 0 saturated heterocycles. The topological polar surface area (TPSA) is 78.8 Å². The number of benzene rings is 1. The Balaban J connectivity index is 2.32. The van der Waals surface area contributed by atoms with Crippen molar-refractivity contribution in [2.45, 2.75) is 12.5 Å². The summed E-state index contributed by atoms with van der Waals surface area (Å²) in [6.07, 6.45) is -0.501. The summed E-state index contributed by atoms with van der Waals surface area (Å²) < 4.78 is 5.35.